The van der Waals surface area contributed by atoms with Crippen molar-refractivity contribution >= 4 is 17.3 Å². The Hall–Kier alpha value is -1.67. The van der Waals surface area contributed by atoms with E-state index in [1.807, 2.05) is 36.4 Å². The first-order valence-electron chi connectivity index (χ1n) is 4.97. The number of hydrogen-bond donors (Lipinski definition) is 1. The molecule has 0 spiro atoms. The van der Waals surface area contributed by atoms with Crippen LogP contribution < -0.4 is 10.5 Å². The molecular weight excluding hydrogens is 222 g/mol. The molecule has 0 atom stereocenters. The molecule has 0 bridgehead atoms. The predicted molar refractivity (Wildman–Crippen MR) is 66.6 cm³/mol. The highest BCUT2D eigenvalue weighted by molar-refractivity contribution is 6.33. The van der Waals surface area contributed by atoms with Gasteiger partial charge in [0, 0.05) is 6.07 Å². The zero-order valence-electron chi connectivity index (χ0n) is 8.69. The second kappa shape index (κ2) is 4.90. The van der Waals surface area contributed by atoms with Crippen LogP contribution in [0.5, 0.6) is 5.75 Å². The van der Waals surface area contributed by atoms with Crippen molar-refractivity contribution < 1.29 is 4.74 Å². The van der Waals surface area contributed by atoms with Crippen LogP contribution in [0.2, 0.25) is 5.02 Å². The lowest BCUT2D eigenvalue weighted by Crippen LogP contribution is -1.95. The lowest BCUT2D eigenvalue weighted by Gasteiger charge is -2.07. The Bertz CT molecular complexity index is 471. The molecule has 3 heteroatoms. The molecule has 0 saturated carbocycles. The average Bonchev–Trinajstić information content (AvgIpc) is 2.32. The number of ether oxygens (including phenoxy) is 1. The highest BCUT2D eigenvalue weighted by Gasteiger charge is 1.99. The first-order chi connectivity index (χ1) is 7.75. The molecule has 0 amide bonds. The summed E-state index contributed by atoms with van der Waals surface area (Å²) in [5.41, 5.74) is 7.29. The first kappa shape index (κ1) is 10.8. The number of anilines is 1. The van der Waals surface area contributed by atoms with E-state index >= 15 is 0 Å². The maximum atomic E-state index is 5.89. The molecule has 82 valence electrons. The van der Waals surface area contributed by atoms with Gasteiger partial charge in [-0.25, -0.2) is 0 Å². The van der Waals surface area contributed by atoms with Gasteiger partial charge in [0.2, 0.25) is 0 Å². The summed E-state index contributed by atoms with van der Waals surface area (Å²) >= 11 is 5.89. The predicted octanol–water partition coefficient (Wildman–Crippen LogP) is 3.50. The van der Waals surface area contributed by atoms with Gasteiger partial charge >= 0.3 is 0 Å². The largest absolute Gasteiger partial charge is 0.489 e. The lowest BCUT2D eigenvalue weighted by atomic mass is 10.2. The Morgan fingerprint density at radius 3 is 2.50 bits per heavy atom. The molecule has 16 heavy (non-hydrogen) atoms. The molecule has 0 radical (unpaired) electrons. The van der Waals surface area contributed by atoms with Crippen LogP contribution in [0.25, 0.3) is 0 Å². The maximum Gasteiger partial charge on any atom is 0.121 e. The van der Waals surface area contributed by atoms with Gasteiger partial charge in [0.1, 0.15) is 12.4 Å². The van der Waals surface area contributed by atoms with Gasteiger partial charge in [0.25, 0.3) is 0 Å². The fourth-order valence-electron chi connectivity index (χ4n) is 1.34. The van der Waals surface area contributed by atoms with E-state index in [0.717, 1.165) is 11.3 Å². The monoisotopic (exact) mass is 233 g/mol. The molecule has 0 aliphatic rings. The van der Waals surface area contributed by atoms with Crippen LogP contribution in [0.1, 0.15) is 5.56 Å². The molecule has 0 unspecified atom stereocenters. The van der Waals surface area contributed by atoms with Gasteiger partial charge in [-0.05, 0) is 17.7 Å². The summed E-state index contributed by atoms with van der Waals surface area (Å²) in [6.07, 6.45) is 0. The summed E-state index contributed by atoms with van der Waals surface area (Å²) in [6.45, 7) is 0.529. The van der Waals surface area contributed by atoms with Crippen LogP contribution in [0, 0.1) is 0 Å². The van der Waals surface area contributed by atoms with Gasteiger partial charge in [-0.15, -0.1) is 0 Å². The van der Waals surface area contributed by atoms with Crippen molar-refractivity contribution in [3.63, 3.8) is 0 Å². The van der Waals surface area contributed by atoms with Crippen molar-refractivity contribution in [2.45, 2.75) is 6.61 Å². The Labute approximate surface area is 99.6 Å². The Morgan fingerprint density at radius 2 is 1.81 bits per heavy atom. The molecule has 0 fully saturated rings. The zero-order chi connectivity index (χ0) is 11.4. The van der Waals surface area contributed by atoms with E-state index < -0.39 is 0 Å². The van der Waals surface area contributed by atoms with E-state index in [9.17, 15) is 0 Å². The van der Waals surface area contributed by atoms with E-state index in [1.165, 1.54) is 0 Å². The summed E-state index contributed by atoms with van der Waals surface area (Å²) in [4.78, 5) is 0. The normalized spacial score (nSPS) is 10.1. The van der Waals surface area contributed by atoms with E-state index in [2.05, 4.69) is 0 Å². The minimum absolute atomic E-state index is 0.519. The second-order valence-corrected chi connectivity index (χ2v) is 3.86. The molecule has 2 aromatic carbocycles. The molecule has 2 N–H and O–H groups in total. The second-order valence-electron chi connectivity index (χ2n) is 3.46. The fraction of sp³-hybridized carbons (Fsp3) is 0.0769. The summed E-state index contributed by atoms with van der Waals surface area (Å²) in [6, 6.07) is 15.2. The summed E-state index contributed by atoms with van der Waals surface area (Å²) in [5.74, 6) is 0.725. The van der Waals surface area contributed by atoms with E-state index in [0.29, 0.717) is 17.3 Å². The quantitative estimate of drug-likeness (QED) is 0.824. The number of rotatable bonds is 3. The van der Waals surface area contributed by atoms with Crippen LogP contribution >= 0.6 is 11.6 Å². The topological polar surface area (TPSA) is 35.2 Å². The highest BCUT2D eigenvalue weighted by Crippen LogP contribution is 2.24. The van der Waals surface area contributed by atoms with Crippen molar-refractivity contribution in [2.24, 2.45) is 0 Å². The number of nitrogen functional groups attached to an aromatic ring is 1. The van der Waals surface area contributed by atoms with Gasteiger partial charge in [-0.2, -0.15) is 0 Å². The summed E-state index contributed by atoms with van der Waals surface area (Å²) in [5, 5.41) is 0.519. The Morgan fingerprint density at radius 1 is 1.06 bits per heavy atom. The number of halogens is 1. The minimum Gasteiger partial charge on any atom is -0.489 e. The smallest absolute Gasteiger partial charge is 0.121 e. The molecule has 0 heterocycles. The Kier molecular flexibility index (Phi) is 3.32. The van der Waals surface area contributed by atoms with E-state index in [1.54, 1.807) is 12.1 Å². The van der Waals surface area contributed by atoms with Crippen molar-refractivity contribution in [3.05, 3.63) is 59.1 Å². The van der Waals surface area contributed by atoms with Crippen LogP contribution in [-0.2, 0) is 6.61 Å². The molecule has 0 aliphatic heterocycles. The van der Waals surface area contributed by atoms with Gasteiger partial charge in [0.15, 0.2) is 0 Å². The molecule has 2 aromatic rings. The maximum absolute atomic E-state index is 5.89. The first-order valence-corrected chi connectivity index (χ1v) is 5.35. The number of benzene rings is 2. The third-order valence-electron chi connectivity index (χ3n) is 2.22. The molecule has 0 aromatic heterocycles. The number of nitrogens with two attached hydrogens (primary N) is 1. The van der Waals surface area contributed by atoms with Crippen molar-refractivity contribution in [2.75, 3.05) is 5.73 Å². The molecular formula is C13H12ClNO. The van der Waals surface area contributed by atoms with Crippen LogP contribution in [0.15, 0.2) is 48.5 Å². The van der Waals surface area contributed by atoms with Gasteiger partial charge in [0.05, 0.1) is 10.7 Å². The van der Waals surface area contributed by atoms with E-state index in [-0.39, 0.29) is 0 Å². The third kappa shape index (κ3) is 2.67. The lowest BCUT2D eigenvalue weighted by molar-refractivity contribution is 0.306. The van der Waals surface area contributed by atoms with Gasteiger partial charge in [-0.1, -0.05) is 41.9 Å². The van der Waals surface area contributed by atoms with E-state index in [4.69, 9.17) is 22.1 Å². The van der Waals surface area contributed by atoms with Gasteiger partial charge < -0.3 is 10.5 Å². The standard InChI is InChI=1S/C13H12ClNO/c14-12-8-11(6-7-13(12)15)16-9-10-4-2-1-3-5-10/h1-8H,9,15H2. The minimum atomic E-state index is 0.519. The van der Waals surface area contributed by atoms with Crippen LogP contribution in [0.3, 0.4) is 0 Å². The molecule has 2 rings (SSSR count). The van der Waals surface area contributed by atoms with Crippen molar-refractivity contribution in [1.82, 2.24) is 0 Å². The fourth-order valence-corrected chi connectivity index (χ4v) is 1.51. The van der Waals surface area contributed by atoms with Crippen LogP contribution in [0.4, 0.5) is 5.69 Å². The molecule has 0 saturated heterocycles. The SMILES string of the molecule is Nc1ccc(OCc2ccccc2)cc1Cl. The van der Waals surface area contributed by atoms with Gasteiger partial charge in [-0.3, -0.25) is 0 Å². The third-order valence-corrected chi connectivity index (χ3v) is 2.55. The number of hydrogen-bond acceptors (Lipinski definition) is 2. The summed E-state index contributed by atoms with van der Waals surface area (Å²) < 4.78 is 5.59. The Balaban J connectivity index is 2.03. The zero-order valence-corrected chi connectivity index (χ0v) is 9.45. The molecule has 2 nitrogen and oxygen atoms in total. The average molecular weight is 234 g/mol. The molecule has 0 aliphatic carbocycles. The van der Waals surface area contributed by atoms with Crippen LogP contribution in [-0.4, -0.2) is 0 Å². The van der Waals surface area contributed by atoms with Crippen molar-refractivity contribution in [3.8, 4) is 5.75 Å². The van der Waals surface area contributed by atoms with Crippen molar-refractivity contribution in [1.29, 1.82) is 0 Å². The highest BCUT2D eigenvalue weighted by atomic mass is 35.5. The summed E-state index contributed by atoms with van der Waals surface area (Å²) in [7, 11) is 0.